The van der Waals surface area contributed by atoms with E-state index in [2.05, 4.69) is 15.4 Å². The Labute approximate surface area is 229 Å². The third kappa shape index (κ3) is 5.39. The van der Waals surface area contributed by atoms with Gasteiger partial charge in [0.2, 0.25) is 17.4 Å². The zero-order valence-corrected chi connectivity index (χ0v) is 22.2. The van der Waals surface area contributed by atoms with Crippen molar-refractivity contribution in [2.45, 2.75) is 68.7 Å². The van der Waals surface area contributed by atoms with Crippen molar-refractivity contribution in [2.75, 3.05) is 26.0 Å². The molecule has 0 radical (unpaired) electrons. The van der Waals surface area contributed by atoms with Crippen LogP contribution in [-0.4, -0.2) is 78.0 Å². The second-order valence-electron chi connectivity index (χ2n) is 11.1. The maximum absolute atomic E-state index is 14.3. The minimum Gasteiger partial charge on any atom is -0.473 e. The first-order chi connectivity index (χ1) is 19.0. The molecule has 0 bridgehead atoms. The number of rotatable bonds is 8. The van der Waals surface area contributed by atoms with Gasteiger partial charge >= 0.3 is 6.09 Å². The van der Waals surface area contributed by atoms with E-state index in [9.17, 15) is 33.2 Å². The Morgan fingerprint density at radius 2 is 1.93 bits per heavy atom. The van der Waals surface area contributed by atoms with Crippen LogP contribution in [0, 0.1) is 34.8 Å². The number of likely N-dealkylation sites (N-methyl/N-ethyl adjacent to an activating group) is 1. The first-order valence-electron chi connectivity index (χ1n) is 13.4. The molecule has 11 nitrogen and oxygen atoms in total. The average molecular weight is 560 g/mol. The van der Waals surface area contributed by atoms with Crippen LogP contribution < -0.4 is 15.4 Å². The van der Waals surface area contributed by atoms with Crippen molar-refractivity contribution >= 4 is 29.5 Å². The SMILES string of the molecule is COC(=O)N[C@@H](CC1CC1)C(=O)N(C)[C@@H](CC1CC1)C(=O)N1C[C@@]2(C[C@H]1C#N)Oc1cc(F)cc(F)c1NC2=O. The molecule has 0 unspecified atom stereocenters. The van der Waals surface area contributed by atoms with Crippen LogP contribution in [0.2, 0.25) is 0 Å². The third-order valence-corrected chi connectivity index (χ3v) is 8.13. The minimum atomic E-state index is -1.74. The number of hydrogen-bond acceptors (Lipinski definition) is 7. The van der Waals surface area contributed by atoms with Gasteiger partial charge in [0.1, 0.15) is 29.6 Å². The molecule has 40 heavy (non-hydrogen) atoms. The highest BCUT2D eigenvalue weighted by Gasteiger charge is 2.57. The molecule has 1 aromatic rings. The van der Waals surface area contributed by atoms with Gasteiger partial charge in [0.15, 0.2) is 11.6 Å². The predicted molar refractivity (Wildman–Crippen MR) is 135 cm³/mol. The molecule has 2 N–H and O–H groups in total. The number of alkyl carbamates (subject to hydrolysis) is 1. The van der Waals surface area contributed by atoms with Gasteiger partial charge in [-0.2, -0.15) is 5.26 Å². The van der Waals surface area contributed by atoms with Crippen molar-refractivity contribution < 1.29 is 37.4 Å². The molecule has 2 aliphatic heterocycles. The predicted octanol–water partition coefficient (Wildman–Crippen LogP) is 2.31. The van der Waals surface area contributed by atoms with E-state index in [1.165, 1.54) is 24.0 Å². The summed E-state index contributed by atoms with van der Waals surface area (Å²) in [6.07, 6.45) is 3.46. The molecule has 1 spiro atoms. The van der Waals surface area contributed by atoms with Crippen molar-refractivity contribution in [3.05, 3.63) is 23.8 Å². The Kier molecular flexibility index (Phi) is 7.29. The fourth-order valence-electron chi connectivity index (χ4n) is 5.49. The monoisotopic (exact) mass is 559 g/mol. The molecule has 1 saturated heterocycles. The molecular weight excluding hydrogens is 528 g/mol. The fourth-order valence-corrected chi connectivity index (χ4v) is 5.49. The number of hydrogen-bond donors (Lipinski definition) is 2. The molecule has 4 atom stereocenters. The molecule has 3 fully saturated rings. The quantitative estimate of drug-likeness (QED) is 0.498. The summed E-state index contributed by atoms with van der Waals surface area (Å²) in [5.41, 5.74) is -2.05. The van der Waals surface area contributed by atoms with Crippen LogP contribution in [0.15, 0.2) is 12.1 Å². The lowest BCUT2D eigenvalue weighted by atomic mass is 9.97. The Bertz CT molecular complexity index is 1280. The average Bonchev–Trinajstić information content (AvgIpc) is 3.86. The highest BCUT2D eigenvalue weighted by molar-refractivity contribution is 6.02. The first kappa shape index (κ1) is 27.6. The number of nitriles is 1. The van der Waals surface area contributed by atoms with Crippen LogP contribution in [0.4, 0.5) is 19.3 Å². The smallest absolute Gasteiger partial charge is 0.407 e. The van der Waals surface area contributed by atoms with Crippen LogP contribution in [0.1, 0.15) is 44.9 Å². The second-order valence-corrected chi connectivity index (χ2v) is 11.1. The lowest BCUT2D eigenvalue weighted by Crippen LogP contribution is -2.57. The van der Waals surface area contributed by atoms with Gasteiger partial charge < -0.3 is 29.9 Å². The summed E-state index contributed by atoms with van der Waals surface area (Å²) in [7, 11) is 2.69. The maximum atomic E-state index is 14.3. The van der Waals surface area contributed by atoms with Crippen molar-refractivity contribution in [3.63, 3.8) is 0 Å². The number of ether oxygens (including phenoxy) is 2. The van der Waals surface area contributed by atoms with E-state index in [4.69, 9.17) is 4.74 Å². The molecule has 2 saturated carbocycles. The van der Waals surface area contributed by atoms with Crippen LogP contribution in [0.25, 0.3) is 0 Å². The normalized spacial score (nSPS) is 24.7. The summed E-state index contributed by atoms with van der Waals surface area (Å²) >= 11 is 0. The number of amides is 4. The van der Waals surface area contributed by atoms with Crippen molar-refractivity contribution in [2.24, 2.45) is 11.8 Å². The number of anilines is 1. The van der Waals surface area contributed by atoms with E-state index >= 15 is 0 Å². The Balaban J connectivity index is 1.39. The highest BCUT2D eigenvalue weighted by Crippen LogP contribution is 2.43. The molecule has 5 rings (SSSR count). The number of carbonyl (C=O) groups excluding carboxylic acids is 4. The summed E-state index contributed by atoms with van der Waals surface area (Å²) in [5, 5.41) is 14.9. The third-order valence-electron chi connectivity index (χ3n) is 8.13. The number of nitrogens with zero attached hydrogens (tertiary/aromatic N) is 3. The van der Waals surface area contributed by atoms with E-state index in [0.717, 1.165) is 31.7 Å². The van der Waals surface area contributed by atoms with E-state index in [0.29, 0.717) is 18.9 Å². The van der Waals surface area contributed by atoms with Crippen molar-refractivity contribution in [1.29, 1.82) is 5.26 Å². The number of carbonyl (C=O) groups is 4. The highest BCUT2D eigenvalue weighted by atomic mass is 19.1. The lowest BCUT2D eigenvalue weighted by molar-refractivity contribution is -0.147. The van der Waals surface area contributed by atoms with E-state index in [1.54, 1.807) is 0 Å². The van der Waals surface area contributed by atoms with Crippen LogP contribution in [-0.2, 0) is 19.1 Å². The van der Waals surface area contributed by atoms with Crippen molar-refractivity contribution in [1.82, 2.24) is 15.1 Å². The Morgan fingerprint density at radius 1 is 1.25 bits per heavy atom. The Morgan fingerprint density at radius 3 is 2.55 bits per heavy atom. The number of nitrogens with one attached hydrogen (secondary N) is 2. The molecule has 4 amide bonds. The second kappa shape index (κ2) is 10.6. The van der Waals surface area contributed by atoms with Gasteiger partial charge in [-0.15, -0.1) is 0 Å². The van der Waals surface area contributed by atoms with Gasteiger partial charge in [-0.1, -0.05) is 25.7 Å². The molecule has 214 valence electrons. The summed E-state index contributed by atoms with van der Waals surface area (Å²) in [6.45, 7) is -0.345. The maximum Gasteiger partial charge on any atom is 0.407 e. The summed E-state index contributed by atoms with van der Waals surface area (Å²) in [5.74, 6) is -3.39. The summed E-state index contributed by atoms with van der Waals surface area (Å²) < 4.78 is 38.7. The molecule has 13 heteroatoms. The van der Waals surface area contributed by atoms with E-state index in [-0.39, 0.29) is 36.2 Å². The number of fused-ring (bicyclic) bond motifs is 1. The summed E-state index contributed by atoms with van der Waals surface area (Å²) in [6, 6.07) is 0.658. The van der Waals surface area contributed by atoms with Gasteiger partial charge in [-0.25, -0.2) is 13.6 Å². The largest absolute Gasteiger partial charge is 0.473 e. The van der Waals surface area contributed by atoms with Crippen LogP contribution in [0.5, 0.6) is 5.75 Å². The topological polar surface area (TPSA) is 141 Å². The molecule has 2 aliphatic carbocycles. The zero-order chi connectivity index (χ0) is 28.8. The van der Waals surface area contributed by atoms with Gasteiger partial charge in [0.25, 0.3) is 5.91 Å². The van der Waals surface area contributed by atoms with Gasteiger partial charge in [-0.05, 0) is 24.7 Å². The van der Waals surface area contributed by atoms with E-state index in [1.807, 2.05) is 6.07 Å². The fraction of sp³-hybridized carbons (Fsp3) is 0.593. The standard InChI is InChI=1S/C27H31F2N5O6/c1-33(23(35)19(7-14-3-4-14)31-26(38)39-2)20(8-15-5-6-15)24(36)34-13-27(11-17(34)12-30)25(37)32-22-18(29)9-16(28)10-21(22)40-27/h9-10,14-15,17,19-20H,3-8,11,13H2,1-2H3,(H,31,38)(H,32,37)/t17-,19-,20-,27+/m0/s1. The van der Waals surface area contributed by atoms with E-state index < -0.39 is 59.2 Å². The number of halogens is 2. The molecule has 0 aromatic heterocycles. The van der Waals surface area contributed by atoms with Crippen LogP contribution in [0.3, 0.4) is 0 Å². The lowest BCUT2D eigenvalue weighted by Gasteiger charge is -2.36. The molecular formula is C27H31F2N5O6. The Hall–Kier alpha value is -3.95. The number of methoxy groups -OCH3 is 1. The minimum absolute atomic E-state index is 0.212. The van der Waals surface area contributed by atoms with Gasteiger partial charge in [0.05, 0.1) is 19.7 Å². The van der Waals surface area contributed by atoms with Crippen LogP contribution >= 0.6 is 0 Å². The van der Waals surface area contributed by atoms with Gasteiger partial charge in [0, 0.05) is 25.6 Å². The summed E-state index contributed by atoms with van der Waals surface area (Å²) in [4.78, 5) is 55.2. The number of benzene rings is 1. The zero-order valence-electron chi connectivity index (χ0n) is 22.2. The number of likely N-dealkylation sites (tertiary alicyclic amines) is 1. The van der Waals surface area contributed by atoms with Crippen molar-refractivity contribution in [3.8, 4) is 11.8 Å². The molecule has 4 aliphatic rings. The first-order valence-corrected chi connectivity index (χ1v) is 13.4. The molecule has 1 aromatic carbocycles. The van der Waals surface area contributed by atoms with Gasteiger partial charge in [-0.3, -0.25) is 14.4 Å². The molecule has 2 heterocycles.